The Morgan fingerprint density at radius 2 is 1.50 bits per heavy atom. The van der Waals surface area contributed by atoms with E-state index in [4.69, 9.17) is 28.3 Å². The molecule has 10 heteroatoms. The number of benzene rings is 2. The van der Waals surface area contributed by atoms with Crippen molar-refractivity contribution in [3.8, 4) is 0 Å². The molecule has 2 rings (SSSR count). The molecule has 0 radical (unpaired) electrons. The molecule has 0 aliphatic heterocycles. The van der Waals surface area contributed by atoms with Crippen LogP contribution in [0.15, 0.2) is 34.5 Å². The van der Waals surface area contributed by atoms with Gasteiger partial charge >= 0.3 is 5.97 Å². The first kappa shape index (κ1) is 21.7. The fourth-order valence-corrected chi connectivity index (χ4v) is 2.65. The SMILES string of the molecule is CCCCNC(=O)c1cc(F)c(N=Nc2c(F)cc(C(=O)O)cc2Cl)c(Cl)c1. The third-order valence-electron chi connectivity index (χ3n) is 3.61. The molecule has 0 aliphatic rings. The van der Waals surface area contributed by atoms with Crippen LogP contribution in [0.25, 0.3) is 0 Å². The number of azo groups is 1. The monoisotopic (exact) mass is 429 g/mol. The number of hydrogen-bond donors (Lipinski definition) is 2. The van der Waals surface area contributed by atoms with Crippen molar-refractivity contribution in [2.24, 2.45) is 10.2 Å². The van der Waals surface area contributed by atoms with E-state index in [-0.39, 0.29) is 21.2 Å². The molecule has 0 aromatic heterocycles. The molecule has 2 aromatic carbocycles. The molecule has 0 spiro atoms. The smallest absolute Gasteiger partial charge is 0.335 e. The summed E-state index contributed by atoms with van der Waals surface area (Å²) in [6.07, 6.45) is 1.67. The van der Waals surface area contributed by atoms with Gasteiger partial charge in [0, 0.05) is 12.1 Å². The number of unbranched alkanes of at least 4 members (excludes halogenated alkanes) is 1. The molecule has 148 valence electrons. The zero-order valence-corrected chi connectivity index (χ0v) is 16.1. The summed E-state index contributed by atoms with van der Waals surface area (Å²) in [7, 11) is 0. The van der Waals surface area contributed by atoms with E-state index in [0.717, 1.165) is 25.0 Å². The molecule has 0 fully saturated rings. The highest BCUT2D eigenvalue weighted by Crippen LogP contribution is 2.34. The molecule has 0 atom stereocenters. The Kier molecular flexibility index (Phi) is 7.42. The summed E-state index contributed by atoms with van der Waals surface area (Å²) in [5, 5.41) is 18.1. The highest BCUT2D eigenvalue weighted by Gasteiger charge is 2.16. The summed E-state index contributed by atoms with van der Waals surface area (Å²) in [5.74, 6) is -3.84. The fraction of sp³-hybridized carbons (Fsp3) is 0.222. The average Bonchev–Trinajstić information content (AvgIpc) is 2.62. The van der Waals surface area contributed by atoms with Gasteiger partial charge in [-0.2, -0.15) is 0 Å². The first-order valence-corrected chi connectivity index (χ1v) is 8.91. The van der Waals surface area contributed by atoms with Crippen molar-refractivity contribution in [1.29, 1.82) is 0 Å². The summed E-state index contributed by atoms with van der Waals surface area (Å²) < 4.78 is 28.3. The fourth-order valence-electron chi connectivity index (χ4n) is 2.16. The first-order valence-electron chi connectivity index (χ1n) is 8.16. The second kappa shape index (κ2) is 9.57. The zero-order valence-electron chi connectivity index (χ0n) is 14.6. The average molecular weight is 430 g/mol. The van der Waals surface area contributed by atoms with Crippen molar-refractivity contribution in [2.45, 2.75) is 19.8 Å². The first-order chi connectivity index (χ1) is 13.2. The van der Waals surface area contributed by atoms with E-state index in [0.29, 0.717) is 12.6 Å². The van der Waals surface area contributed by atoms with Gasteiger partial charge in [-0.25, -0.2) is 13.6 Å². The zero-order chi connectivity index (χ0) is 20.8. The molecule has 28 heavy (non-hydrogen) atoms. The number of nitrogens with one attached hydrogen (secondary N) is 1. The van der Waals surface area contributed by atoms with Gasteiger partial charge < -0.3 is 10.4 Å². The number of carbonyl (C=O) groups is 2. The Bertz CT molecular complexity index is 906. The van der Waals surface area contributed by atoms with Gasteiger partial charge in [0.05, 0.1) is 15.6 Å². The van der Waals surface area contributed by atoms with Crippen molar-refractivity contribution < 1.29 is 23.5 Å². The molecule has 0 saturated heterocycles. The normalized spacial score (nSPS) is 11.0. The van der Waals surface area contributed by atoms with Gasteiger partial charge in [-0.05, 0) is 30.7 Å². The Balaban J connectivity index is 2.30. The van der Waals surface area contributed by atoms with Crippen molar-refractivity contribution >= 4 is 46.5 Å². The van der Waals surface area contributed by atoms with Crippen LogP contribution in [-0.4, -0.2) is 23.5 Å². The Hall–Kier alpha value is -2.58. The van der Waals surface area contributed by atoms with Crippen LogP contribution >= 0.6 is 23.2 Å². The van der Waals surface area contributed by atoms with Crippen LogP contribution in [0, 0.1) is 11.6 Å². The molecule has 0 saturated carbocycles. The van der Waals surface area contributed by atoms with E-state index < -0.39 is 34.9 Å². The molecule has 0 unspecified atom stereocenters. The molecular weight excluding hydrogens is 415 g/mol. The van der Waals surface area contributed by atoms with Crippen molar-refractivity contribution in [2.75, 3.05) is 6.54 Å². The third-order valence-corrected chi connectivity index (χ3v) is 4.19. The molecule has 0 heterocycles. The maximum Gasteiger partial charge on any atom is 0.335 e. The molecule has 2 aromatic rings. The van der Waals surface area contributed by atoms with Gasteiger partial charge in [0.2, 0.25) is 0 Å². The summed E-state index contributed by atoms with van der Waals surface area (Å²) >= 11 is 11.8. The molecule has 2 N–H and O–H groups in total. The van der Waals surface area contributed by atoms with Crippen LogP contribution in [0.1, 0.15) is 40.5 Å². The maximum atomic E-state index is 14.3. The van der Waals surface area contributed by atoms with E-state index >= 15 is 0 Å². The quantitative estimate of drug-likeness (QED) is 0.422. The standard InChI is InChI=1S/C18H15Cl2F2N3O3/c1-2-3-4-23-17(26)9-5-11(19)15(13(21)7-9)24-25-16-12(20)6-10(18(27)28)8-14(16)22/h5-8H,2-4H2,1H3,(H,23,26)(H,27,28). The third kappa shape index (κ3) is 5.24. The minimum Gasteiger partial charge on any atom is -0.478 e. The molecular formula is C18H15Cl2F2N3O3. The molecule has 0 bridgehead atoms. The van der Waals surface area contributed by atoms with Crippen LogP contribution in [0.3, 0.4) is 0 Å². The summed E-state index contributed by atoms with van der Waals surface area (Å²) in [4.78, 5) is 22.9. The lowest BCUT2D eigenvalue weighted by molar-refractivity contribution is 0.0696. The number of carboxylic acid groups (broad SMARTS) is 1. The van der Waals surface area contributed by atoms with Crippen molar-refractivity contribution in [1.82, 2.24) is 5.32 Å². The number of hydrogen-bond acceptors (Lipinski definition) is 4. The lowest BCUT2D eigenvalue weighted by Crippen LogP contribution is -2.24. The van der Waals surface area contributed by atoms with Crippen LogP contribution in [0.4, 0.5) is 20.2 Å². The van der Waals surface area contributed by atoms with Gasteiger partial charge in [-0.15, -0.1) is 10.2 Å². The Morgan fingerprint density at radius 1 is 1.00 bits per heavy atom. The van der Waals surface area contributed by atoms with E-state index in [2.05, 4.69) is 15.5 Å². The number of rotatable bonds is 7. The Morgan fingerprint density at radius 3 is 1.96 bits per heavy atom. The predicted octanol–water partition coefficient (Wildman–Crippen LogP) is 5.92. The molecule has 1 amide bonds. The minimum absolute atomic E-state index is 0.00702. The second-order valence-corrected chi connectivity index (χ2v) is 6.51. The largest absolute Gasteiger partial charge is 0.478 e. The number of nitrogens with zero attached hydrogens (tertiary/aromatic N) is 2. The van der Waals surface area contributed by atoms with Crippen LogP contribution in [0.5, 0.6) is 0 Å². The lowest BCUT2D eigenvalue weighted by atomic mass is 10.2. The van der Waals surface area contributed by atoms with Gasteiger partial charge in [-0.3, -0.25) is 4.79 Å². The van der Waals surface area contributed by atoms with E-state index in [9.17, 15) is 18.4 Å². The number of aromatic carboxylic acids is 1. The summed E-state index contributed by atoms with van der Waals surface area (Å²) in [5.41, 5.74) is -1.25. The van der Waals surface area contributed by atoms with Gasteiger partial charge in [-0.1, -0.05) is 36.5 Å². The van der Waals surface area contributed by atoms with Crippen LogP contribution < -0.4 is 5.32 Å². The van der Waals surface area contributed by atoms with Crippen LogP contribution in [-0.2, 0) is 0 Å². The van der Waals surface area contributed by atoms with E-state index in [1.807, 2.05) is 6.92 Å². The topological polar surface area (TPSA) is 91.1 Å². The summed E-state index contributed by atoms with van der Waals surface area (Å²) in [6, 6.07) is 3.85. The predicted molar refractivity (Wildman–Crippen MR) is 101 cm³/mol. The van der Waals surface area contributed by atoms with E-state index in [1.54, 1.807) is 0 Å². The van der Waals surface area contributed by atoms with E-state index in [1.165, 1.54) is 6.07 Å². The lowest BCUT2D eigenvalue weighted by Gasteiger charge is -2.07. The second-order valence-electron chi connectivity index (χ2n) is 5.69. The molecule has 0 aliphatic carbocycles. The Labute approximate surface area is 169 Å². The summed E-state index contributed by atoms with van der Waals surface area (Å²) in [6.45, 7) is 2.41. The number of carboxylic acids is 1. The molecule has 6 nitrogen and oxygen atoms in total. The highest BCUT2D eigenvalue weighted by molar-refractivity contribution is 6.34. The van der Waals surface area contributed by atoms with Crippen molar-refractivity contribution in [3.05, 3.63) is 57.1 Å². The minimum atomic E-state index is -1.37. The van der Waals surface area contributed by atoms with Gasteiger partial charge in [0.25, 0.3) is 5.91 Å². The number of carbonyl (C=O) groups excluding carboxylic acids is 1. The highest BCUT2D eigenvalue weighted by atomic mass is 35.5. The van der Waals surface area contributed by atoms with Gasteiger partial charge in [0.1, 0.15) is 11.4 Å². The van der Waals surface area contributed by atoms with Crippen LogP contribution in [0.2, 0.25) is 10.0 Å². The van der Waals surface area contributed by atoms with Gasteiger partial charge in [0.15, 0.2) is 11.6 Å². The number of halogens is 4. The maximum absolute atomic E-state index is 14.3. The number of amides is 1. The van der Waals surface area contributed by atoms with Crippen molar-refractivity contribution in [3.63, 3.8) is 0 Å².